The van der Waals surface area contributed by atoms with Crippen LogP contribution in [0.5, 0.6) is 0 Å². The molecule has 0 saturated heterocycles. The molecule has 122 valence electrons. The summed E-state index contributed by atoms with van der Waals surface area (Å²) < 4.78 is 0. The number of nitrogens with zero attached hydrogens (tertiary/aromatic N) is 1. The summed E-state index contributed by atoms with van der Waals surface area (Å²) in [6, 6.07) is 0.482. The van der Waals surface area contributed by atoms with Crippen molar-refractivity contribution >= 4 is 5.91 Å². The molecule has 0 aliphatic carbocycles. The Bertz CT molecular complexity index is 284. The van der Waals surface area contributed by atoms with Gasteiger partial charge in [0.2, 0.25) is 5.91 Å². The quantitative estimate of drug-likeness (QED) is 0.412. The third-order valence-electron chi connectivity index (χ3n) is 4.57. The average molecular weight is 293 g/mol. The molecule has 0 fully saturated rings. The fourth-order valence-corrected chi connectivity index (χ4v) is 3.20. The van der Waals surface area contributed by atoms with Crippen molar-refractivity contribution in [3.63, 3.8) is 0 Å². The topological polar surface area (TPSA) is 20.3 Å². The van der Waals surface area contributed by atoms with Gasteiger partial charge in [0.25, 0.3) is 0 Å². The van der Waals surface area contributed by atoms with E-state index in [0.717, 1.165) is 6.54 Å². The van der Waals surface area contributed by atoms with Gasteiger partial charge in [-0.15, -0.1) is 0 Å². The third kappa shape index (κ3) is 7.68. The fraction of sp³-hybridized carbons (Fsp3) is 0.842. The summed E-state index contributed by atoms with van der Waals surface area (Å²) in [5.74, 6) is 0.238. The van der Waals surface area contributed by atoms with Gasteiger partial charge >= 0.3 is 0 Å². The molecule has 1 rings (SSSR count). The highest BCUT2D eigenvalue weighted by atomic mass is 16.2. The van der Waals surface area contributed by atoms with Crippen molar-refractivity contribution in [2.24, 2.45) is 0 Å². The van der Waals surface area contributed by atoms with Gasteiger partial charge in [0.05, 0.1) is 0 Å². The number of hydrogen-bond acceptors (Lipinski definition) is 1. The SMILES string of the molecule is CCCCCCCC(CCCCCCC)N1CC=CC1=O. The maximum atomic E-state index is 11.9. The van der Waals surface area contributed by atoms with Gasteiger partial charge in [-0.05, 0) is 12.8 Å². The Hall–Kier alpha value is -0.790. The first-order chi connectivity index (χ1) is 10.3. The minimum absolute atomic E-state index is 0.238. The van der Waals surface area contributed by atoms with Crippen LogP contribution in [0, 0.1) is 0 Å². The number of amides is 1. The summed E-state index contributed by atoms with van der Waals surface area (Å²) in [4.78, 5) is 14.0. The van der Waals surface area contributed by atoms with Crippen LogP contribution in [-0.2, 0) is 4.79 Å². The molecule has 0 bridgehead atoms. The van der Waals surface area contributed by atoms with Crippen LogP contribution in [0.25, 0.3) is 0 Å². The Morgan fingerprint density at radius 1 is 0.905 bits per heavy atom. The molecule has 1 aliphatic heterocycles. The van der Waals surface area contributed by atoms with Crippen molar-refractivity contribution in [1.82, 2.24) is 4.90 Å². The summed E-state index contributed by atoms with van der Waals surface area (Å²) in [5, 5.41) is 0. The maximum Gasteiger partial charge on any atom is 0.246 e. The maximum absolute atomic E-state index is 11.9. The van der Waals surface area contributed by atoms with Crippen LogP contribution in [0.3, 0.4) is 0 Å². The molecule has 0 N–H and O–H groups in total. The lowest BCUT2D eigenvalue weighted by atomic mass is 9.99. The van der Waals surface area contributed by atoms with Gasteiger partial charge in [-0.25, -0.2) is 0 Å². The van der Waals surface area contributed by atoms with Gasteiger partial charge in [-0.3, -0.25) is 4.79 Å². The van der Waals surface area contributed by atoms with Gasteiger partial charge < -0.3 is 4.90 Å². The Balaban J connectivity index is 2.26. The van der Waals surface area contributed by atoms with E-state index in [-0.39, 0.29) is 5.91 Å². The largest absolute Gasteiger partial charge is 0.332 e. The first-order valence-corrected chi connectivity index (χ1v) is 9.26. The van der Waals surface area contributed by atoms with Crippen molar-refractivity contribution in [2.75, 3.05) is 6.54 Å². The highest BCUT2D eigenvalue weighted by molar-refractivity contribution is 5.90. The first kappa shape index (κ1) is 18.3. The Morgan fingerprint density at radius 2 is 1.43 bits per heavy atom. The van der Waals surface area contributed by atoms with E-state index in [9.17, 15) is 4.79 Å². The summed E-state index contributed by atoms with van der Waals surface area (Å²) in [7, 11) is 0. The zero-order valence-electron chi connectivity index (χ0n) is 14.3. The van der Waals surface area contributed by atoms with Crippen molar-refractivity contribution in [1.29, 1.82) is 0 Å². The molecule has 0 aromatic carbocycles. The summed E-state index contributed by atoms with van der Waals surface area (Å²) in [6.07, 6.45) is 19.4. The number of carbonyl (C=O) groups is 1. The highest BCUT2D eigenvalue weighted by Gasteiger charge is 2.23. The summed E-state index contributed by atoms with van der Waals surface area (Å²) in [6.45, 7) is 5.36. The summed E-state index contributed by atoms with van der Waals surface area (Å²) in [5.41, 5.74) is 0. The third-order valence-corrected chi connectivity index (χ3v) is 4.57. The van der Waals surface area contributed by atoms with E-state index < -0.39 is 0 Å². The lowest BCUT2D eigenvalue weighted by Crippen LogP contribution is -2.36. The average Bonchev–Trinajstić information content (AvgIpc) is 2.91. The van der Waals surface area contributed by atoms with Gasteiger partial charge in [-0.1, -0.05) is 84.1 Å². The molecule has 0 spiro atoms. The predicted octanol–water partition coefficient (Wildman–Crippen LogP) is 5.47. The molecule has 2 heteroatoms. The van der Waals surface area contributed by atoms with Gasteiger partial charge in [-0.2, -0.15) is 0 Å². The molecule has 1 amide bonds. The lowest BCUT2D eigenvalue weighted by molar-refractivity contribution is -0.126. The highest BCUT2D eigenvalue weighted by Crippen LogP contribution is 2.20. The van der Waals surface area contributed by atoms with Crippen molar-refractivity contribution in [3.05, 3.63) is 12.2 Å². The van der Waals surface area contributed by atoms with E-state index in [2.05, 4.69) is 18.7 Å². The van der Waals surface area contributed by atoms with Crippen LogP contribution < -0.4 is 0 Å². The molecular weight excluding hydrogens is 258 g/mol. The van der Waals surface area contributed by atoms with E-state index in [1.54, 1.807) is 6.08 Å². The molecular formula is C19H35NO. The van der Waals surface area contributed by atoms with Crippen LogP contribution in [0.1, 0.15) is 90.9 Å². The normalized spacial score (nSPS) is 14.6. The van der Waals surface area contributed by atoms with E-state index >= 15 is 0 Å². The Morgan fingerprint density at radius 3 is 1.86 bits per heavy atom. The van der Waals surface area contributed by atoms with E-state index in [4.69, 9.17) is 0 Å². The van der Waals surface area contributed by atoms with Crippen LogP contribution >= 0.6 is 0 Å². The van der Waals surface area contributed by atoms with Crippen LogP contribution in [0.2, 0.25) is 0 Å². The van der Waals surface area contributed by atoms with E-state index in [1.165, 1.54) is 77.0 Å². The van der Waals surface area contributed by atoms with Crippen LogP contribution in [-0.4, -0.2) is 23.4 Å². The summed E-state index contributed by atoms with van der Waals surface area (Å²) >= 11 is 0. The zero-order valence-corrected chi connectivity index (χ0v) is 14.3. The number of carbonyl (C=O) groups excluding carboxylic acids is 1. The second kappa shape index (κ2) is 11.8. The van der Waals surface area contributed by atoms with Gasteiger partial charge in [0.15, 0.2) is 0 Å². The fourth-order valence-electron chi connectivity index (χ4n) is 3.20. The van der Waals surface area contributed by atoms with Crippen LogP contribution in [0.4, 0.5) is 0 Å². The molecule has 1 aliphatic rings. The zero-order chi connectivity index (χ0) is 15.3. The molecule has 0 atom stereocenters. The van der Waals surface area contributed by atoms with E-state index in [0.29, 0.717) is 6.04 Å². The molecule has 0 unspecified atom stereocenters. The molecule has 1 heterocycles. The lowest BCUT2D eigenvalue weighted by Gasteiger charge is -2.28. The molecule has 0 saturated carbocycles. The molecule has 2 nitrogen and oxygen atoms in total. The minimum Gasteiger partial charge on any atom is -0.332 e. The Kier molecular flexibility index (Phi) is 10.3. The molecule has 0 aromatic heterocycles. The number of rotatable bonds is 13. The first-order valence-electron chi connectivity index (χ1n) is 9.26. The molecule has 21 heavy (non-hydrogen) atoms. The minimum atomic E-state index is 0.238. The second-order valence-electron chi connectivity index (χ2n) is 6.45. The number of hydrogen-bond donors (Lipinski definition) is 0. The number of unbranched alkanes of at least 4 members (excludes halogenated alkanes) is 8. The van der Waals surface area contributed by atoms with Gasteiger partial charge in [0.1, 0.15) is 0 Å². The van der Waals surface area contributed by atoms with Crippen LogP contribution in [0.15, 0.2) is 12.2 Å². The van der Waals surface area contributed by atoms with Crippen molar-refractivity contribution < 1.29 is 4.79 Å². The predicted molar refractivity (Wildman–Crippen MR) is 91.4 cm³/mol. The monoisotopic (exact) mass is 293 g/mol. The van der Waals surface area contributed by atoms with Gasteiger partial charge in [0, 0.05) is 18.7 Å². The second-order valence-corrected chi connectivity index (χ2v) is 6.45. The molecule has 0 radical (unpaired) electrons. The van der Waals surface area contributed by atoms with E-state index in [1.807, 2.05) is 6.08 Å². The smallest absolute Gasteiger partial charge is 0.246 e. The standard InChI is InChI=1S/C19H35NO/c1-3-5-7-9-11-14-18(15-12-10-8-6-4-2)20-17-13-16-19(20)21/h13,16,18H,3-12,14-15,17H2,1-2H3. The molecule has 0 aromatic rings. The Labute approximate surface area is 132 Å². The van der Waals surface area contributed by atoms with Crippen molar-refractivity contribution in [2.45, 2.75) is 96.9 Å². The van der Waals surface area contributed by atoms with Crippen molar-refractivity contribution in [3.8, 4) is 0 Å².